The average Bonchev–Trinajstić information content (AvgIpc) is 1.91. The highest BCUT2D eigenvalue weighted by atomic mass is 16.6. The summed E-state index contributed by atoms with van der Waals surface area (Å²) in [5.74, 6) is 0. The Morgan fingerprint density at radius 1 is 1.44 bits per heavy atom. The van der Waals surface area contributed by atoms with Gasteiger partial charge >= 0.3 is 0 Å². The van der Waals surface area contributed by atoms with Crippen molar-refractivity contribution in [3.8, 4) is 0 Å². The minimum Gasteiger partial charge on any atom is -0.381 e. The molecule has 0 amide bonds. The first kappa shape index (κ1) is 6.37. The largest absolute Gasteiger partial charge is 0.381 e. The number of ether oxygens (including phenoxy) is 1. The van der Waals surface area contributed by atoms with Crippen LogP contribution in [0.25, 0.3) is 5.01 Å². The van der Waals surface area contributed by atoms with E-state index in [2.05, 4.69) is 5.01 Å². The van der Waals surface area contributed by atoms with Crippen LogP contribution in [-0.4, -0.2) is 19.3 Å². The van der Waals surface area contributed by atoms with Crippen molar-refractivity contribution in [3.05, 3.63) is 11.6 Å². The summed E-state index contributed by atoms with van der Waals surface area (Å²) < 4.78 is 5.06. The van der Waals surface area contributed by atoms with E-state index in [9.17, 15) is 0 Å². The highest BCUT2D eigenvalue weighted by Crippen LogP contribution is 2.09. The first-order chi connectivity index (χ1) is 4.43. The minimum atomic E-state index is 0.122. The lowest BCUT2D eigenvalue weighted by atomic mass is 10.2. The molecule has 3 nitrogen and oxygen atoms in total. The lowest BCUT2D eigenvalue weighted by Crippen LogP contribution is -2.20. The Balaban J connectivity index is 2.17. The van der Waals surface area contributed by atoms with Gasteiger partial charge in [-0.15, -0.1) is 0 Å². The fourth-order valence-corrected chi connectivity index (χ4v) is 0.856. The van der Waals surface area contributed by atoms with Gasteiger partial charge in [-0.3, -0.25) is 0 Å². The van der Waals surface area contributed by atoms with Crippen LogP contribution in [0.2, 0.25) is 0 Å². The Morgan fingerprint density at radius 2 is 2.11 bits per heavy atom. The van der Waals surface area contributed by atoms with Gasteiger partial charge in [0.2, 0.25) is 0 Å². The summed E-state index contributed by atoms with van der Waals surface area (Å²) in [6, 6.07) is 0. The van der Waals surface area contributed by atoms with E-state index in [1.165, 1.54) is 0 Å². The molecule has 0 aromatic carbocycles. The Bertz CT molecular complexity index is 113. The van der Waals surface area contributed by atoms with E-state index < -0.39 is 0 Å². The first-order valence-electron chi connectivity index (χ1n) is 3.04. The van der Waals surface area contributed by atoms with Crippen molar-refractivity contribution in [2.45, 2.75) is 18.9 Å². The van der Waals surface area contributed by atoms with Gasteiger partial charge in [-0.25, -0.2) is 0 Å². The van der Waals surface area contributed by atoms with Crippen LogP contribution in [0.5, 0.6) is 0 Å². The van der Waals surface area contributed by atoms with Crippen LogP contribution < -0.4 is 0 Å². The summed E-state index contributed by atoms with van der Waals surface area (Å²) in [6.07, 6.45) is 1.85. The molecule has 0 aromatic rings. The lowest BCUT2D eigenvalue weighted by Gasteiger charge is -2.14. The fourth-order valence-electron chi connectivity index (χ4n) is 0.856. The maximum Gasteiger partial charge on any atom is 0.189 e. The zero-order valence-electron chi connectivity index (χ0n) is 5.17. The number of rotatable bonds is 1. The van der Waals surface area contributed by atoms with Crippen molar-refractivity contribution in [2.75, 3.05) is 13.2 Å². The molecule has 0 radical (unpaired) electrons. The molecule has 0 aliphatic carbocycles. The standard InChI is InChI=1S/C6H9NO2/c1-7-9-6-2-4-8-5-3-6/h6H,2-5H2. The van der Waals surface area contributed by atoms with Crippen molar-refractivity contribution >= 4 is 0 Å². The summed E-state index contributed by atoms with van der Waals surface area (Å²) in [4.78, 5) is 4.69. The molecule has 1 fully saturated rings. The molecule has 1 aliphatic rings. The lowest BCUT2D eigenvalue weighted by molar-refractivity contribution is 0.00394. The van der Waals surface area contributed by atoms with Crippen molar-refractivity contribution in [1.82, 2.24) is 0 Å². The summed E-state index contributed by atoms with van der Waals surface area (Å²) in [5.41, 5.74) is 0. The van der Waals surface area contributed by atoms with Gasteiger partial charge in [0.25, 0.3) is 0 Å². The average molecular weight is 127 g/mol. The van der Waals surface area contributed by atoms with Gasteiger partial charge in [-0.05, 0) is 5.01 Å². The maximum atomic E-state index is 6.40. The Labute approximate surface area is 54.3 Å². The van der Waals surface area contributed by atoms with E-state index in [1.54, 1.807) is 0 Å². The topological polar surface area (TPSA) is 22.8 Å². The summed E-state index contributed by atoms with van der Waals surface area (Å²) in [5, 5.41) is 2.85. The van der Waals surface area contributed by atoms with E-state index in [1.807, 2.05) is 0 Å². The highest BCUT2D eigenvalue weighted by molar-refractivity contribution is 4.62. The van der Waals surface area contributed by atoms with Gasteiger partial charge in [0, 0.05) is 12.8 Å². The SMILES string of the molecule is [C-]#[N+]OC1CCOCC1. The second-order valence-corrected chi connectivity index (χ2v) is 2.01. The molecule has 9 heavy (non-hydrogen) atoms. The van der Waals surface area contributed by atoms with Gasteiger partial charge < -0.3 is 4.74 Å². The summed E-state index contributed by atoms with van der Waals surface area (Å²) in [7, 11) is 0. The molecule has 0 saturated carbocycles. The maximum absolute atomic E-state index is 6.40. The smallest absolute Gasteiger partial charge is 0.189 e. The quantitative estimate of drug-likeness (QED) is 0.387. The molecule has 0 aromatic heterocycles. The van der Waals surface area contributed by atoms with Crippen LogP contribution in [0.15, 0.2) is 0 Å². The number of nitrogens with zero attached hydrogens (tertiary/aromatic N) is 1. The predicted octanol–water partition coefficient (Wildman–Crippen LogP) is 1.02. The summed E-state index contributed by atoms with van der Waals surface area (Å²) >= 11 is 0. The number of hydrogen-bond acceptors (Lipinski definition) is 2. The van der Waals surface area contributed by atoms with Gasteiger partial charge in [-0.1, -0.05) is 0 Å². The minimum absolute atomic E-state index is 0.122. The molecule has 0 N–H and O–H groups in total. The molecule has 1 saturated heterocycles. The van der Waals surface area contributed by atoms with Crippen molar-refractivity contribution in [1.29, 1.82) is 0 Å². The Hall–Kier alpha value is -0.750. The van der Waals surface area contributed by atoms with E-state index >= 15 is 0 Å². The van der Waals surface area contributed by atoms with Gasteiger partial charge in [0.15, 0.2) is 6.10 Å². The molecule has 1 rings (SSSR count). The predicted molar refractivity (Wildman–Crippen MR) is 31.5 cm³/mol. The molecule has 0 bridgehead atoms. The third-order valence-corrected chi connectivity index (χ3v) is 1.37. The molecular weight excluding hydrogens is 118 g/mol. The van der Waals surface area contributed by atoms with Crippen molar-refractivity contribution < 1.29 is 9.57 Å². The van der Waals surface area contributed by atoms with Crippen LogP contribution in [0, 0.1) is 6.57 Å². The third-order valence-electron chi connectivity index (χ3n) is 1.37. The monoisotopic (exact) mass is 127 g/mol. The normalized spacial score (nSPS) is 20.8. The number of hydrogen-bond donors (Lipinski definition) is 0. The van der Waals surface area contributed by atoms with Crippen LogP contribution in [0.3, 0.4) is 0 Å². The molecule has 1 aliphatic heterocycles. The zero-order valence-corrected chi connectivity index (χ0v) is 5.17. The second kappa shape index (κ2) is 3.31. The van der Waals surface area contributed by atoms with Crippen molar-refractivity contribution in [2.24, 2.45) is 0 Å². The molecule has 0 spiro atoms. The van der Waals surface area contributed by atoms with Crippen LogP contribution in [0.1, 0.15) is 12.8 Å². The third kappa shape index (κ3) is 1.90. The zero-order chi connectivity index (χ0) is 6.53. The van der Waals surface area contributed by atoms with Crippen LogP contribution in [0.4, 0.5) is 0 Å². The van der Waals surface area contributed by atoms with E-state index in [0.717, 1.165) is 26.1 Å². The molecule has 1 heterocycles. The molecule has 0 unspecified atom stereocenters. The molecule has 0 atom stereocenters. The summed E-state index contributed by atoms with van der Waals surface area (Å²) in [6.45, 7) is 7.87. The van der Waals surface area contributed by atoms with Gasteiger partial charge in [0.1, 0.15) is 0 Å². The molecule has 3 heteroatoms. The Morgan fingerprint density at radius 3 is 2.67 bits per heavy atom. The van der Waals surface area contributed by atoms with Crippen molar-refractivity contribution in [3.63, 3.8) is 0 Å². The fraction of sp³-hybridized carbons (Fsp3) is 0.833. The molecule has 50 valence electrons. The second-order valence-electron chi connectivity index (χ2n) is 2.01. The first-order valence-corrected chi connectivity index (χ1v) is 3.04. The molecular formula is C6H9NO2. The Kier molecular flexibility index (Phi) is 2.34. The van der Waals surface area contributed by atoms with Gasteiger partial charge in [0.05, 0.1) is 13.2 Å². The highest BCUT2D eigenvalue weighted by Gasteiger charge is 2.17. The van der Waals surface area contributed by atoms with E-state index in [0.29, 0.717) is 0 Å². The van der Waals surface area contributed by atoms with Crippen LogP contribution in [-0.2, 0) is 9.57 Å². The van der Waals surface area contributed by atoms with Gasteiger partial charge in [-0.2, -0.15) is 11.4 Å². The van der Waals surface area contributed by atoms with E-state index in [-0.39, 0.29) is 6.10 Å². The van der Waals surface area contributed by atoms with E-state index in [4.69, 9.17) is 16.1 Å². The van der Waals surface area contributed by atoms with Crippen LogP contribution >= 0.6 is 0 Å².